The van der Waals surface area contributed by atoms with Crippen molar-refractivity contribution >= 4 is 23.5 Å². The Kier molecular flexibility index (Phi) is 5.29. The highest BCUT2D eigenvalue weighted by atomic mass is 32.2. The zero-order valence-electron chi connectivity index (χ0n) is 14.1. The van der Waals surface area contributed by atoms with Gasteiger partial charge in [0, 0.05) is 36.6 Å². The van der Waals surface area contributed by atoms with E-state index in [4.69, 9.17) is 0 Å². The fourth-order valence-corrected chi connectivity index (χ4v) is 4.27. The number of benzene rings is 1. The van der Waals surface area contributed by atoms with Crippen LogP contribution in [0.4, 0.5) is 5.69 Å². The largest absolute Gasteiger partial charge is 0.326 e. The lowest BCUT2D eigenvalue weighted by Gasteiger charge is -2.41. The molecule has 4 nitrogen and oxygen atoms in total. The number of hydrogen-bond acceptors (Lipinski definition) is 4. The van der Waals surface area contributed by atoms with Crippen LogP contribution >= 0.6 is 11.9 Å². The Morgan fingerprint density at radius 2 is 2.22 bits per heavy atom. The molecule has 2 aliphatic heterocycles. The molecule has 1 aromatic carbocycles. The molecule has 0 atom stereocenters. The number of nitrogens with one attached hydrogen (secondary N) is 2. The van der Waals surface area contributed by atoms with Crippen molar-refractivity contribution in [2.24, 2.45) is 5.92 Å². The number of piperidine rings is 1. The van der Waals surface area contributed by atoms with Gasteiger partial charge in [0.25, 0.3) is 0 Å². The van der Waals surface area contributed by atoms with Crippen LogP contribution in [-0.2, 0) is 10.5 Å². The summed E-state index contributed by atoms with van der Waals surface area (Å²) in [5.74, 6) is 1.21. The van der Waals surface area contributed by atoms with Gasteiger partial charge in [-0.05, 0) is 44.4 Å². The third-order valence-corrected chi connectivity index (χ3v) is 6.26. The Labute approximate surface area is 143 Å². The molecule has 0 aromatic heterocycles. The Balaban J connectivity index is 1.55. The molecule has 126 valence electrons. The molecule has 2 N–H and O–H groups in total. The number of anilines is 1. The molecule has 2 saturated heterocycles. The van der Waals surface area contributed by atoms with Gasteiger partial charge in [-0.1, -0.05) is 30.5 Å². The quantitative estimate of drug-likeness (QED) is 0.812. The Morgan fingerprint density at radius 3 is 2.91 bits per heavy atom. The number of amides is 1. The minimum absolute atomic E-state index is 0.127. The third kappa shape index (κ3) is 4.28. The lowest BCUT2D eigenvalue weighted by atomic mass is 9.93. The molecule has 0 unspecified atom stereocenters. The Hall–Kier alpha value is -1.04. The lowest BCUT2D eigenvalue weighted by molar-refractivity contribution is -0.121. The summed E-state index contributed by atoms with van der Waals surface area (Å²) >= 11 is 1.92. The molecule has 23 heavy (non-hydrogen) atoms. The predicted octanol–water partition coefficient (Wildman–Crippen LogP) is 3.26. The summed E-state index contributed by atoms with van der Waals surface area (Å²) in [7, 11) is 0. The molecular formula is C18H27N3OS. The summed E-state index contributed by atoms with van der Waals surface area (Å²) in [5.41, 5.74) is 2.46. The van der Waals surface area contributed by atoms with Crippen molar-refractivity contribution in [2.45, 2.75) is 44.4 Å². The first kappa shape index (κ1) is 16.8. The fourth-order valence-electron chi connectivity index (χ4n) is 3.09. The van der Waals surface area contributed by atoms with Gasteiger partial charge in [0.15, 0.2) is 0 Å². The smallest absolute Gasteiger partial charge is 0.230 e. The van der Waals surface area contributed by atoms with E-state index in [1.54, 1.807) is 0 Å². The fraction of sp³-hybridized carbons (Fsp3) is 0.611. The summed E-state index contributed by atoms with van der Waals surface area (Å²) in [6.07, 6.45) is 3.90. The van der Waals surface area contributed by atoms with E-state index in [0.717, 1.165) is 24.5 Å². The van der Waals surface area contributed by atoms with Gasteiger partial charge in [0.2, 0.25) is 5.91 Å². The molecule has 0 radical (unpaired) electrons. The lowest BCUT2D eigenvalue weighted by Crippen LogP contribution is -2.48. The highest BCUT2D eigenvalue weighted by Crippen LogP contribution is 2.34. The first-order chi connectivity index (χ1) is 11.0. The van der Waals surface area contributed by atoms with Crippen molar-refractivity contribution in [2.75, 3.05) is 25.0 Å². The normalized spacial score (nSPS) is 21.7. The van der Waals surface area contributed by atoms with Gasteiger partial charge in [0.1, 0.15) is 0 Å². The minimum atomic E-state index is 0.127. The van der Waals surface area contributed by atoms with Crippen LogP contribution in [0.2, 0.25) is 0 Å². The maximum Gasteiger partial charge on any atom is 0.230 e. The molecule has 3 rings (SSSR count). The van der Waals surface area contributed by atoms with Crippen molar-refractivity contribution < 1.29 is 4.79 Å². The molecule has 5 heteroatoms. The molecule has 1 aromatic rings. The first-order valence-electron chi connectivity index (χ1n) is 8.56. The zero-order chi connectivity index (χ0) is 16.3. The highest BCUT2D eigenvalue weighted by Gasteiger charge is 2.30. The van der Waals surface area contributed by atoms with Gasteiger partial charge in [-0.3, -0.25) is 4.79 Å². The van der Waals surface area contributed by atoms with Crippen molar-refractivity contribution in [1.29, 1.82) is 0 Å². The van der Waals surface area contributed by atoms with Crippen LogP contribution in [0.15, 0.2) is 24.3 Å². The summed E-state index contributed by atoms with van der Waals surface area (Å²) in [4.78, 5) is 12.0. The second-order valence-electron chi connectivity index (χ2n) is 7.19. The van der Waals surface area contributed by atoms with E-state index in [9.17, 15) is 4.79 Å². The van der Waals surface area contributed by atoms with Gasteiger partial charge in [-0.25, -0.2) is 4.31 Å². The van der Waals surface area contributed by atoms with E-state index < -0.39 is 0 Å². The van der Waals surface area contributed by atoms with Crippen molar-refractivity contribution in [3.63, 3.8) is 0 Å². The number of rotatable bonds is 5. The maximum atomic E-state index is 12.0. The van der Waals surface area contributed by atoms with Crippen molar-refractivity contribution in [1.82, 2.24) is 9.62 Å². The van der Waals surface area contributed by atoms with E-state index in [2.05, 4.69) is 40.9 Å². The number of carbonyl (C=O) groups excluding carboxylic acids is 1. The van der Waals surface area contributed by atoms with Gasteiger partial charge >= 0.3 is 0 Å². The van der Waals surface area contributed by atoms with Gasteiger partial charge in [-0.2, -0.15) is 0 Å². The van der Waals surface area contributed by atoms with E-state index in [1.807, 2.05) is 24.1 Å². The minimum Gasteiger partial charge on any atom is -0.326 e. The van der Waals surface area contributed by atoms with Crippen molar-refractivity contribution in [3.8, 4) is 0 Å². The second-order valence-corrected chi connectivity index (χ2v) is 8.18. The van der Waals surface area contributed by atoms with Crippen LogP contribution in [0.1, 0.15) is 38.7 Å². The molecule has 1 amide bonds. The number of nitrogens with zero attached hydrogens (tertiary/aromatic N) is 1. The number of carbonyl (C=O) groups is 1. The van der Waals surface area contributed by atoms with Crippen LogP contribution in [0.5, 0.6) is 0 Å². The van der Waals surface area contributed by atoms with E-state index in [1.165, 1.54) is 31.4 Å². The first-order valence-corrected chi connectivity index (χ1v) is 9.50. The molecule has 0 saturated carbocycles. The Morgan fingerprint density at radius 1 is 1.39 bits per heavy atom. The van der Waals surface area contributed by atoms with Crippen molar-refractivity contribution in [3.05, 3.63) is 29.8 Å². The molecule has 2 fully saturated rings. The van der Waals surface area contributed by atoms with Crippen LogP contribution < -0.4 is 10.6 Å². The molecule has 0 bridgehead atoms. The van der Waals surface area contributed by atoms with Crippen LogP contribution in [-0.4, -0.2) is 35.4 Å². The molecule has 0 spiro atoms. The summed E-state index contributed by atoms with van der Waals surface area (Å²) in [6, 6.07) is 8.26. The van der Waals surface area contributed by atoms with Crippen LogP contribution in [0, 0.1) is 5.92 Å². The molecule has 2 heterocycles. The SMILES string of the molecule is CC1(C)CCCCN1SCc1cccc(NC(=O)C2CNC2)c1. The second kappa shape index (κ2) is 7.24. The summed E-state index contributed by atoms with van der Waals surface area (Å²) in [5, 5.41) is 6.17. The van der Waals surface area contributed by atoms with E-state index >= 15 is 0 Å². The van der Waals surface area contributed by atoms with Gasteiger partial charge in [-0.15, -0.1) is 0 Å². The predicted molar refractivity (Wildman–Crippen MR) is 97.4 cm³/mol. The van der Waals surface area contributed by atoms with Gasteiger partial charge in [0.05, 0.1) is 5.92 Å². The Bertz CT molecular complexity index is 557. The molecular weight excluding hydrogens is 306 g/mol. The summed E-state index contributed by atoms with van der Waals surface area (Å²) < 4.78 is 2.53. The third-order valence-electron chi connectivity index (χ3n) is 4.81. The van der Waals surface area contributed by atoms with Gasteiger partial charge < -0.3 is 10.6 Å². The topological polar surface area (TPSA) is 44.4 Å². The zero-order valence-corrected chi connectivity index (χ0v) is 14.9. The summed E-state index contributed by atoms with van der Waals surface area (Å²) in [6.45, 7) is 7.44. The van der Waals surface area contributed by atoms with E-state index in [-0.39, 0.29) is 17.4 Å². The van der Waals surface area contributed by atoms with Crippen LogP contribution in [0.3, 0.4) is 0 Å². The maximum absolute atomic E-state index is 12.0. The highest BCUT2D eigenvalue weighted by molar-refractivity contribution is 7.96. The average Bonchev–Trinajstić information content (AvgIpc) is 2.44. The average molecular weight is 334 g/mol. The van der Waals surface area contributed by atoms with Crippen LogP contribution in [0.25, 0.3) is 0 Å². The monoisotopic (exact) mass is 333 g/mol. The molecule has 0 aliphatic carbocycles. The standard InChI is InChI=1S/C18H27N3OS/c1-18(2)8-3-4-9-21(18)23-13-14-6-5-7-16(10-14)20-17(22)15-11-19-12-15/h5-7,10,15,19H,3-4,8-9,11-13H2,1-2H3,(H,20,22). The molecule has 2 aliphatic rings. The number of hydrogen-bond donors (Lipinski definition) is 2. The van der Waals surface area contributed by atoms with E-state index in [0.29, 0.717) is 0 Å².